The number of hydrogen-bond acceptors (Lipinski definition) is 3. The minimum absolute atomic E-state index is 0.204. The van der Waals surface area contributed by atoms with Crippen molar-refractivity contribution in [3.8, 4) is 11.4 Å². The molecule has 0 saturated carbocycles. The summed E-state index contributed by atoms with van der Waals surface area (Å²) in [7, 11) is 0. The number of nitrogens with one attached hydrogen (secondary N) is 1. The van der Waals surface area contributed by atoms with E-state index < -0.39 is 0 Å². The van der Waals surface area contributed by atoms with Crippen LogP contribution in [-0.2, 0) is 6.42 Å². The molecule has 1 aromatic heterocycles. The monoisotopic (exact) mass is 273 g/mol. The number of anilines is 1. The maximum absolute atomic E-state index is 13.4. The fourth-order valence-electron chi connectivity index (χ4n) is 1.94. The summed E-state index contributed by atoms with van der Waals surface area (Å²) in [5, 5.41) is 3.28. The minimum atomic E-state index is -0.204. The van der Waals surface area contributed by atoms with Crippen molar-refractivity contribution in [2.75, 3.05) is 11.9 Å². The first kappa shape index (κ1) is 14.4. The van der Waals surface area contributed by atoms with Gasteiger partial charge in [-0.1, -0.05) is 13.8 Å². The largest absolute Gasteiger partial charge is 0.370 e. The van der Waals surface area contributed by atoms with E-state index in [4.69, 9.17) is 0 Å². The highest BCUT2D eigenvalue weighted by Gasteiger charge is 2.08. The number of rotatable bonds is 5. The molecule has 4 heteroatoms. The van der Waals surface area contributed by atoms with Crippen LogP contribution in [0, 0.1) is 12.7 Å². The maximum atomic E-state index is 13.4. The standard InChI is InChI=1S/C16H20FN3/c1-4-8-18-15-10-13(5-2)19-16(20-15)12-6-7-14(17)11(3)9-12/h6-7,9-10H,4-5,8H2,1-3H3,(H,18,19,20). The number of nitrogens with zero attached hydrogens (tertiary/aromatic N) is 2. The first-order valence-corrected chi connectivity index (χ1v) is 7.02. The average molecular weight is 273 g/mol. The van der Waals surface area contributed by atoms with E-state index >= 15 is 0 Å². The molecule has 0 unspecified atom stereocenters. The highest BCUT2D eigenvalue weighted by molar-refractivity contribution is 5.58. The highest BCUT2D eigenvalue weighted by atomic mass is 19.1. The Morgan fingerprint density at radius 1 is 1.15 bits per heavy atom. The van der Waals surface area contributed by atoms with Crippen LogP contribution in [0.5, 0.6) is 0 Å². The van der Waals surface area contributed by atoms with Crippen molar-refractivity contribution >= 4 is 5.82 Å². The molecule has 2 rings (SSSR count). The van der Waals surface area contributed by atoms with Crippen molar-refractivity contribution in [3.63, 3.8) is 0 Å². The zero-order valence-electron chi connectivity index (χ0n) is 12.2. The van der Waals surface area contributed by atoms with Crippen LogP contribution in [0.3, 0.4) is 0 Å². The van der Waals surface area contributed by atoms with E-state index in [2.05, 4.69) is 29.1 Å². The third-order valence-corrected chi connectivity index (χ3v) is 3.11. The van der Waals surface area contributed by atoms with Crippen LogP contribution < -0.4 is 5.32 Å². The number of halogens is 1. The van der Waals surface area contributed by atoms with E-state index in [1.807, 2.05) is 6.07 Å². The second kappa shape index (κ2) is 6.46. The van der Waals surface area contributed by atoms with Gasteiger partial charge >= 0.3 is 0 Å². The zero-order chi connectivity index (χ0) is 14.5. The van der Waals surface area contributed by atoms with E-state index in [-0.39, 0.29) is 5.82 Å². The second-order valence-electron chi connectivity index (χ2n) is 4.81. The molecule has 3 nitrogen and oxygen atoms in total. The van der Waals surface area contributed by atoms with Crippen LogP contribution in [0.4, 0.5) is 10.2 Å². The van der Waals surface area contributed by atoms with Gasteiger partial charge in [0.15, 0.2) is 5.82 Å². The molecule has 0 aliphatic rings. The number of benzene rings is 1. The van der Waals surface area contributed by atoms with E-state index in [1.165, 1.54) is 6.07 Å². The Balaban J connectivity index is 2.41. The van der Waals surface area contributed by atoms with Crippen LogP contribution in [-0.4, -0.2) is 16.5 Å². The predicted molar refractivity (Wildman–Crippen MR) is 80.3 cm³/mol. The Labute approximate surface area is 119 Å². The fraction of sp³-hybridized carbons (Fsp3) is 0.375. The Hall–Kier alpha value is -1.97. The van der Waals surface area contributed by atoms with Crippen molar-refractivity contribution in [1.82, 2.24) is 9.97 Å². The molecule has 0 aliphatic heterocycles. The van der Waals surface area contributed by atoms with Gasteiger partial charge in [-0.2, -0.15) is 0 Å². The van der Waals surface area contributed by atoms with Crippen molar-refractivity contribution in [2.45, 2.75) is 33.6 Å². The summed E-state index contributed by atoms with van der Waals surface area (Å²) >= 11 is 0. The van der Waals surface area contributed by atoms with Gasteiger partial charge in [0.05, 0.1) is 0 Å². The van der Waals surface area contributed by atoms with Gasteiger partial charge in [0, 0.05) is 23.9 Å². The lowest BCUT2D eigenvalue weighted by Gasteiger charge is -2.09. The Kier molecular flexibility index (Phi) is 4.66. The molecule has 0 spiro atoms. The first-order chi connectivity index (χ1) is 9.63. The Morgan fingerprint density at radius 3 is 2.60 bits per heavy atom. The predicted octanol–water partition coefficient (Wildman–Crippen LogP) is 3.98. The summed E-state index contributed by atoms with van der Waals surface area (Å²) in [5.41, 5.74) is 2.44. The number of aryl methyl sites for hydroxylation is 2. The molecule has 0 saturated heterocycles. The van der Waals surface area contributed by atoms with E-state index in [9.17, 15) is 4.39 Å². The second-order valence-corrected chi connectivity index (χ2v) is 4.81. The molecular formula is C16H20FN3. The van der Waals surface area contributed by atoms with Crippen LogP contribution in [0.25, 0.3) is 11.4 Å². The van der Waals surface area contributed by atoms with Gasteiger partial charge in [-0.15, -0.1) is 0 Å². The van der Waals surface area contributed by atoms with Gasteiger partial charge < -0.3 is 5.32 Å². The van der Waals surface area contributed by atoms with Crippen molar-refractivity contribution in [2.24, 2.45) is 0 Å². The molecule has 20 heavy (non-hydrogen) atoms. The summed E-state index contributed by atoms with van der Waals surface area (Å²) < 4.78 is 13.4. The molecular weight excluding hydrogens is 253 g/mol. The molecule has 1 heterocycles. The number of aromatic nitrogens is 2. The van der Waals surface area contributed by atoms with Crippen molar-refractivity contribution < 1.29 is 4.39 Å². The molecule has 2 aromatic rings. The number of hydrogen-bond donors (Lipinski definition) is 1. The van der Waals surface area contributed by atoms with Crippen LogP contribution in [0.2, 0.25) is 0 Å². The molecule has 0 radical (unpaired) electrons. The maximum Gasteiger partial charge on any atom is 0.161 e. The molecule has 1 aromatic carbocycles. The zero-order valence-corrected chi connectivity index (χ0v) is 12.2. The van der Waals surface area contributed by atoms with Crippen molar-refractivity contribution in [1.29, 1.82) is 0 Å². The summed E-state index contributed by atoms with van der Waals surface area (Å²) in [6.07, 6.45) is 1.88. The smallest absolute Gasteiger partial charge is 0.161 e. The van der Waals surface area contributed by atoms with E-state index in [0.717, 1.165) is 36.5 Å². The molecule has 1 N–H and O–H groups in total. The highest BCUT2D eigenvalue weighted by Crippen LogP contribution is 2.21. The molecule has 0 fully saturated rings. The molecule has 0 atom stereocenters. The van der Waals surface area contributed by atoms with E-state index in [0.29, 0.717) is 11.4 Å². The normalized spacial score (nSPS) is 10.6. The molecule has 106 valence electrons. The Bertz CT molecular complexity index is 596. The average Bonchev–Trinajstić information content (AvgIpc) is 2.47. The summed E-state index contributed by atoms with van der Waals surface area (Å²) in [6, 6.07) is 6.94. The Morgan fingerprint density at radius 2 is 1.95 bits per heavy atom. The topological polar surface area (TPSA) is 37.8 Å². The summed E-state index contributed by atoms with van der Waals surface area (Å²) in [4.78, 5) is 9.04. The van der Waals surface area contributed by atoms with Gasteiger partial charge in [0.25, 0.3) is 0 Å². The SMILES string of the molecule is CCCNc1cc(CC)nc(-c2ccc(F)c(C)c2)n1. The fourth-order valence-corrected chi connectivity index (χ4v) is 1.94. The van der Waals surface area contributed by atoms with Crippen LogP contribution >= 0.6 is 0 Å². The van der Waals surface area contributed by atoms with Gasteiger partial charge in [-0.3, -0.25) is 0 Å². The third kappa shape index (κ3) is 3.32. The van der Waals surface area contributed by atoms with E-state index in [1.54, 1.807) is 19.1 Å². The minimum Gasteiger partial charge on any atom is -0.370 e. The third-order valence-electron chi connectivity index (χ3n) is 3.11. The first-order valence-electron chi connectivity index (χ1n) is 7.02. The summed E-state index contributed by atoms with van der Waals surface area (Å²) in [5.74, 6) is 1.27. The van der Waals surface area contributed by atoms with Gasteiger partial charge in [-0.05, 0) is 43.5 Å². The molecule has 0 bridgehead atoms. The van der Waals surface area contributed by atoms with Gasteiger partial charge in [0.1, 0.15) is 11.6 Å². The quantitative estimate of drug-likeness (QED) is 0.895. The molecule has 0 aliphatic carbocycles. The molecule has 0 amide bonds. The van der Waals surface area contributed by atoms with Crippen LogP contribution in [0.15, 0.2) is 24.3 Å². The van der Waals surface area contributed by atoms with Crippen molar-refractivity contribution in [3.05, 3.63) is 41.3 Å². The lowest BCUT2D eigenvalue weighted by molar-refractivity contribution is 0.618. The lowest BCUT2D eigenvalue weighted by atomic mass is 10.1. The van der Waals surface area contributed by atoms with Crippen LogP contribution in [0.1, 0.15) is 31.5 Å². The van der Waals surface area contributed by atoms with Gasteiger partial charge in [0.2, 0.25) is 0 Å². The summed E-state index contributed by atoms with van der Waals surface area (Å²) in [6.45, 7) is 6.80. The lowest BCUT2D eigenvalue weighted by Crippen LogP contribution is -2.05. The van der Waals surface area contributed by atoms with Gasteiger partial charge in [-0.25, -0.2) is 14.4 Å².